The number of hydrogen-bond acceptors (Lipinski definition) is 9. The molecule has 2 aliphatic heterocycles. The molecule has 1 aromatic heterocycles. The van der Waals surface area contributed by atoms with Crippen LogP contribution >= 0.6 is 27.3 Å². The van der Waals surface area contributed by atoms with Gasteiger partial charge in [0.25, 0.3) is 0 Å². The molecule has 0 bridgehead atoms. The molecule has 2 aliphatic rings. The number of amidine groups is 1. The van der Waals surface area contributed by atoms with Crippen molar-refractivity contribution < 1.29 is 33.0 Å². The van der Waals surface area contributed by atoms with Crippen molar-refractivity contribution in [3.8, 4) is 0 Å². The zero-order chi connectivity index (χ0) is 25.8. The summed E-state index contributed by atoms with van der Waals surface area (Å²) in [5, 5.41) is 14.4. The number of benzene rings is 1. The predicted molar refractivity (Wildman–Crippen MR) is 131 cm³/mol. The van der Waals surface area contributed by atoms with Gasteiger partial charge in [-0.25, -0.2) is 23.4 Å². The number of alkyl halides is 1. The summed E-state index contributed by atoms with van der Waals surface area (Å²) in [5.41, 5.74) is 1.18. The second kappa shape index (κ2) is 11.5. The molecule has 3 heterocycles. The summed E-state index contributed by atoms with van der Waals surface area (Å²) >= 11 is 4.72. The van der Waals surface area contributed by atoms with E-state index in [2.05, 4.69) is 26.2 Å². The van der Waals surface area contributed by atoms with E-state index >= 15 is 0 Å². The van der Waals surface area contributed by atoms with Gasteiger partial charge in [0.15, 0.2) is 10.8 Å². The molecule has 3 atom stereocenters. The van der Waals surface area contributed by atoms with Crippen LogP contribution in [0.5, 0.6) is 0 Å². The third kappa shape index (κ3) is 5.97. The van der Waals surface area contributed by atoms with E-state index in [0.717, 1.165) is 0 Å². The SMILES string of the molecule is CCOC(=O)C1=C(CN2CC(OCC(=O)O)[C@@H](F)C2)NC(c2nccs2)=N[C@H]1c1ccc(F)cc1Br. The maximum atomic E-state index is 14.6. The van der Waals surface area contributed by atoms with E-state index in [1.807, 2.05) is 0 Å². The molecule has 1 saturated heterocycles. The molecule has 13 heteroatoms. The average Bonchev–Trinajstić information content (AvgIpc) is 3.47. The van der Waals surface area contributed by atoms with Crippen molar-refractivity contribution in [3.05, 3.63) is 61.9 Å². The number of aliphatic imine (C=N–C) groups is 1. The summed E-state index contributed by atoms with van der Waals surface area (Å²) in [4.78, 5) is 34.8. The van der Waals surface area contributed by atoms with Crippen molar-refractivity contribution in [3.63, 3.8) is 0 Å². The quantitative estimate of drug-likeness (QED) is 0.432. The molecule has 192 valence electrons. The maximum Gasteiger partial charge on any atom is 0.338 e. The molecule has 1 aromatic carbocycles. The van der Waals surface area contributed by atoms with Gasteiger partial charge >= 0.3 is 11.9 Å². The summed E-state index contributed by atoms with van der Waals surface area (Å²) < 4.78 is 39.4. The molecule has 0 saturated carbocycles. The van der Waals surface area contributed by atoms with Gasteiger partial charge < -0.3 is 19.9 Å². The molecular formula is C23H23BrF2N4O5S. The Morgan fingerprint density at radius 1 is 1.36 bits per heavy atom. The molecule has 0 radical (unpaired) electrons. The number of carboxylic acid groups (broad SMARTS) is 1. The molecule has 2 aromatic rings. The average molecular weight is 585 g/mol. The first-order valence-corrected chi connectivity index (χ1v) is 12.7. The Balaban J connectivity index is 1.72. The van der Waals surface area contributed by atoms with Gasteiger partial charge in [-0.3, -0.25) is 9.89 Å². The molecule has 1 fully saturated rings. The lowest BCUT2D eigenvalue weighted by molar-refractivity contribution is -0.145. The fourth-order valence-corrected chi connectivity index (χ4v) is 5.22. The number of thiazole rings is 1. The first kappa shape index (κ1) is 26.3. The van der Waals surface area contributed by atoms with Gasteiger partial charge in [0.2, 0.25) is 0 Å². The van der Waals surface area contributed by atoms with E-state index in [4.69, 9.17) is 19.6 Å². The fourth-order valence-electron chi connectivity index (χ4n) is 4.06. The lowest BCUT2D eigenvalue weighted by Gasteiger charge is -2.29. The molecule has 4 rings (SSSR count). The number of aromatic nitrogens is 1. The van der Waals surface area contributed by atoms with Crippen LogP contribution in [0.1, 0.15) is 23.5 Å². The van der Waals surface area contributed by atoms with Gasteiger partial charge in [-0.05, 0) is 24.6 Å². The Morgan fingerprint density at radius 3 is 2.83 bits per heavy atom. The van der Waals surface area contributed by atoms with Gasteiger partial charge in [-0.1, -0.05) is 22.0 Å². The summed E-state index contributed by atoms with van der Waals surface area (Å²) in [6.07, 6.45) is -0.685. The molecule has 9 nitrogen and oxygen atoms in total. The highest BCUT2D eigenvalue weighted by Crippen LogP contribution is 2.37. The zero-order valence-electron chi connectivity index (χ0n) is 19.1. The number of hydrogen-bond donors (Lipinski definition) is 2. The van der Waals surface area contributed by atoms with Crippen molar-refractivity contribution in [2.24, 2.45) is 4.99 Å². The van der Waals surface area contributed by atoms with Gasteiger partial charge in [-0.2, -0.15) is 0 Å². The minimum Gasteiger partial charge on any atom is -0.480 e. The van der Waals surface area contributed by atoms with E-state index in [0.29, 0.717) is 26.6 Å². The number of carbonyl (C=O) groups is 2. The minimum atomic E-state index is -1.39. The molecule has 2 N–H and O–H groups in total. The highest BCUT2D eigenvalue weighted by atomic mass is 79.9. The monoisotopic (exact) mass is 584 g/mol. The van der Waals surface area contributed by atoms with E-state index < -0.39 is 42.7 Å². The van der Waals surface area contributed by atoms with Gasteiger partial charge in [0.1, 0.15) is 30.7 Å². The van der Waals surface area contributed by atoms with Crippen LogP contribution in [0.3, 0.4) is 0 Å². The molecule has 1 unspecified atom stereocenters. The third-order valence-electron chi connectivity index (χ3n) is 5.59. The number of nitrogens with one attached hydrogen (secondary N) is 1. The number of halogens is 3. The smallest absolute Gasteiger partial charge is 0.338 e. The fraction of sp³-hybridized carbons (Fsp3) is 0.391. The Labute approximate surface area is 218 Å². The number of aliphatic carboxylic acids is 1. The molecule has 36 heavy (non-hydrogen) atoms. The number of likely N-dealkylation sites (tertiary alicyclic amines) is 1. The van der Waals surface area contributed by atoms with Crippen molar-refractivity contribution >= 4 is 45.0 Å². The van der Waals surface area contributed by atoms with Crippen molar-refractivity contribution in [2.75, 3.05) is 32.8 Å². The predicted octanol–water partition coefficient (Wildman–Crippen LogP) is 3.08. The topological polar surface area (TPSA) is 113 Å². The Kier molecular flexibility index (Phi) is 8.44. The van der Waals surface area contributed by atoms with Crippen LogP contribution in [0.4, 0.5) is 8.78 Å². The Morgan fingerprint density at radius 2 is 2.17 bits per heavy atom. The second-order valence-electron chi connectivity index (χ2n) is 8.07. The summed E-state index contributed by atoms with van der Waals surface area (Å²) in [7, 11) is 0. The number of carbonyl (C=O) groups excluding carboxylic acids is 1. The number of carboxylic acids is 1. The van der Waals surface area contributed by atoms with E-state index in [1.165, 1.54) is 23.5 Å². The van der Waals surface area contributed by atoms with Crippen LogP contribution in [-0.4, -0.2) is 77.9 Å². The van der Waals surface area contributed by atoms with Gasteiger partial charge in [0, 0.05) is 41.4 Å². The van der Waals surface area contributed by atoms with Crippen molar-refractivity contribution in [1.29, 1.82) is 0 Å². The van der Waals surface area contributed by atoms with Gasteiger partial charge in [0.05, 0.1) is 12.2 Å². The molecular weight excluding hydrogens is 562 g/mol. The first-order valence-electron chi connectivity index (χ1n) is 11.1. The maximum absolute atomic E-state index is 14.6. The summed E-state index contributed by atoms with van der Waals surface area (Å²) in [5.74, 6) is -1.84. The second-order valence-corrected chi connectivity index (χ2v) is 9.82. The minimum absolute atomic E-state index is 0.0137. The molecule has 0 spiro atoms. The normalized spacial score (nSPS) is 22.3. The number of esters is 1. The van der Waals surface area contributed by atoms with Crippen molar-refractivity contribution in [2.45, 2.75) is 25.2 Å². The highest BCUT2D eigenvalue weighted by molar-refractivity contribution is 9.10. The summed E-state index contributed by atoms with van der Waals surface area (Å²) in [6, 6.07) is 3.26. The van der Waals surface area contributed by atoms with Crippen LogP contribution in [0, 0.1) is 5.82 Å². The Bertz CT molecular complexity index is 1190. The van der Waals surface area contributed by atoms with Crippen LogP contribution in [0.15, 0.2) is 50.5 Å². The van der Waals surface area contributed by atoms with Crippen LogP contribution in [0.2, 0.25) is 0 Å². The van der Waals surface area contributed by atoms with Crippen LogP contribution < -0.4 is 5.32 Å². The first-order chi connectivity index (χ1) is 17.3. The lowest BCUT2D eigenvalue weighted by Crippen LogP contribution is -2.39. The van der Waals surface area contributed by atoms with E-state index in [-0.39, 0.29) is 31.8 Å². The van der Waals surface area contributed by atoms with Gasteiger partial charge in [-0.15, -0.1) is 11.3 Å². The Hall–Kier alpha value is -2.74. The highest BCUT2D eigenvalue weighted by Gasteiger charge is 2.38. The largest absolute Gasteiger partial charge is 0.480 e. The molecule has 0 amide bonds. The van der Waals surface area contributed by atoms with E-state index in [1.54, 1.807) is 29.5 Å². The third-order valence-corrected chi connectivity index (χ3v) is 7.06. The van der Waals surface area contributed by atoms with Crippen molar-refractivity contribution in [1.82, 2.24) is 15.2 Å². The number of rotatable bonds is 9. The van der Waals surface area contributed by atoms with Crippen LogP contribution in [-0.2, 0) is 19.1 Å². The van der Waals surface area contributed by atoms with Crippen LogP contribution in [0.25, 0.3) is 0 Å². The standard InChI is InChI=1S/C23H23BrF2N4O5S/c1-2-34-23(33)19-16(9-30-8-15(26)17(10-30)35-11-18(31)32)28-21(22-27-5-6-36-22)29-20(19)13-4-3-12(25)7-14(13)24/h3-7,15,17,20H,2,8-11H2,1H3,(H,28,29)(H,31,32)/t15-,17?,20-/m0/s1. The molecule has 0 aliphatic carbocycles. The number of ether oxygens (including phenoxy) is 2. The number of nitrogens with zero attached hydrogens (tertiary/aromatic N) is 3. The lowest BCUT2D eigenvalue weighted by atomic mass is 9.95. The van der Waals surface area contributed by atoms with E-state index in [9.17, 15) is 18.4 Å². The zero-order valence-corrected chi connectivity index (χ0v) is 21.5. The summed E-state index contributed by atoms with van der Waals surface area (Å²) in [6.45, 7) is 1.43.